The van der Waals surface area contributed by atoms with Crippen LogP contribution < -0.4 is 5.56 Å². The number of hydrogen-bond acceptors (Lipinski definition) is 4. The van der Waals surface area contributed by atoms with E-state index in [9.17, 15) is 9.90 Å². The summed E-state index contributed by atoms with van der Waals surface area (Å²) in [5.74, 6) is 0.208. The van der Waals surface area contributed by atoms with Gasteiger partial charge in [0.25, 0.3) is 5.56 Å². The summed E-state index contributed by atoms with van der Waals surface area (Å²) >= 11 is 8.12. The number of halogens is 3. The highest BCUT2D eigenvalue weighted by molar-refractivity contribution is 14.1. The summed E-state index contributed by atoms with van der Waals surface area (Å²) in [7, 11) is 0. The molecular formula is C8H3Br2IN2O3. The Balaban J connectivity index is 2.61. The molecule has 0 unspecified atom stereocenters. The van der Waals surface area contributed by atoms with E-state index in [2.05, 4.69) is 41.8 Å². The Bertz CT molecular complexity index is 588. The lowest BCUT2D eigenvalue weighted by molar-refractivity contribution is 0.445. The second-order valence-electron chi connectivity index (χ2n) is 2.78. The van der Waals surface area contributed by atoms with Crippen LogP contribution in [0.2, 0.25) is 0 Å². The Kier molecular flexibility index (Phi) is 3.40. The van der Waals surface area contributed by atoms with Crippen molar-refractivity contribution in [3.05, 3.63) is 29.1 Å². The molecule has 0 spiro atoms. The van der Waals surface area contributed by atoms with Crippen LogP contribution in [-0.4, -0.2) is 15.1 Å². The van der Waals surface area contributed by atoms with Gasteiger partial charge in [-0.3, -0.25) is 4.79 Å². The van der Waals surface area contributed by atoms with Crippen molar-refractivity contribution in [1.29, 1.82) is 0 Å². The van der Waals surface area contributed by atoms with Gasteiger partial charge in [-0.15, -0.1) is 0 Å². The SMILES string of the molecule is O=c1[nH]c(-c2cc(Br)c(Br)o2)nc(O)c1I. The van der Waals surface area contributed by atoms with E-state index >= 15 is 0 Å². The van der Waals surface area contributed by atoms with Gasteiger partial charge in [0.05, 0.1) is 4.47 Å². The molecule has 0 saturated heterocycles. The van der Waals surface area contributed by atoms with Crippen LogP contribution in [0.3, 0.4) is 0 Å². The summed E-state index contributed by atoms with van der Waals surface area (Å²) in [5.41, 5.74) is -0.410. The van der Waals surface area contributed by atoms with Gasteiger partial charge in [-0.2, -0.15) is 4.98 Å². The minimum absolute atomic E-state index is 0.144. The van der Waals surface area contributed by atoms with Crippen molar-refractivity contribution < 1.29 is 9.52 Å². The first kappa shape index (κ1) is 12.1. The van der Waals surface area contributed by atoms with Crippen molar-refractivity contribution >= 4 is 54.5 Å². The number of hydrogen-bond donors (Lipinski definition) is 2. The molecule has 0 atom stereocenters. The van der Waals surface area contributed by atoms with Gasteiger partial charge in [-0.1, -0.05) is 0 Å². The van der Waals surface area contributed by atoms with Crippen LogP contribution in [0.5, 0.6) is 5.88 Å². The summed E-state index contributed by atoms with van der Waals surface area (Å²) < 4.78 is 6.60. The molecule has 2 aromatic rings. The number of aromatic nitrogens is 2. The van der Waals surface area contributed by atoms with E-state index in [4.69, 9.17) is 4.42 Å². The highest BCUT2D eigenvalue weighted by atomic mass is 127. The molecule has 2 N–H and O–H groups in total. The molecule has 0 aromatic carbocycles. The molecule has 0 saturated carbocycles. The van der Waals surface area contributed by atoms with E-state index in [-0.39, 0.29) is 15.3 Å². The summed E-state index contributed by atoms with van der Waals surface area (Å²) in [5, 5.41) is 9.41. The normalized spacial score (nSPS) is 10.7. The number of aromatic amines is 1. The average molecular weight is 462 g/mol. The van der Waals surface area contributed by atoms with Crippen LogP contribution in [0.1, 0.15) is 0 Å². The molecule has 0 aliphatic heterocycles. The van der Waals surface area contributed by atoms with E-state index in [1.54, 1.807) is 28.7 Å². The predicted molar refractivity (Wildman–Crippen MR) is 72.3 cm³/mol. The number of nitrogens with one attached hydrogen (secondary N) is 1. The lowest BCUT2D eigenvalue weighted by Gasteiger charge is -1.98. The zero-order valence-electron chi connectivity index (χ0n) is 7.42. The fourth-order valence-corrected chi connectivity index (χ4v) is 1.86. The van der Waals surface area contributed by atoms with Crippen LogP contribution in [0.4, 0.5) is 0 Å². The standard InChI is InChI=1S/C8H3Br2IN2O3/c9-2-1-3(16-5(2)10)6-12-7(14)4(11)8(15)13-6/h1H,(H2,12,13,14,15). The van der Waals surface area contributed by atoms with Crippen LogP contribution in [-0.2, 0) is 0 Å². The first-order chi connectivity index (χ1) is 7.49. The Labute approximate surface area is 120 Å². The molecule has 2 heterocycles. The zero-order chi connectivity index (χ0) is 11.9. The maximum Gasteiger partial charge on any atom is 0.268 e. The van der Waals surface area contributed by atoms with Crippen molar-refractivity contribution in [3.8, 4) is 17.5 Å². The molecule has 2 rings (SSSR count). The first-order valence-electron chi connectivity index (χ1n) is 3.93. The minimum atomic E-state index is -0.410. The number of aromatic hydroxyl groups is 1. The summed E-state index contributed by atoms with van der Waals surface area (Å²) in [6, 6.07) is 1.63. The molecule has 84 valence electrons. The van der Waals surface area contributed by atoms with E-state index < -0.39 is 5.56 Å². The van der Waals surface area contributed by atoms with Crippen LogP contribution >= 0.6 is 54.5 Å². The van der Waals surface area contributed by atoms with Gasteiger partial charge in [0, 0.05) is 6.07 Å². The second kappa shape index (κ2) is 4.49. The molecule has 16 heavy (non-hydrogen) atoms. The molecule has 5 nitrogen and oxygen atoms in total. The average Bonchev–Trinajstić information content (AvgIpc) is 2.55. The smallest absolute Gasteiger partial charge is 0.268 e. The molecule has 2 aromatic heterocycles. The maximum atomic E-state index is 11.4. The summed E-state index contributed by atoms with van der Waals surface area (Å²) in [6.07, 6.45) is 0. The largest absolute Gasteiger partial charge is 0.492 e. The van der Waals surface area contributed by atoms with E-state index in [0.29, 0.717) is 14.9 Å². The fraction of sp³-hybridized carbons (Fsp3) is 0. The molecule has 0 radical (unpaired) electrons. The van der Waals surface area contributed by atoms with Crippen LogP contribution in [0, 0.1) is 3.57 Å². The van der Waals surface area contributed by atoms with Gasteiger partial charge in [-0.25, -0.2) is 0 Å². The predicted octanol–water partition coefficient (Wildman–Crippen LogP) is 2.87. The van der Waals surface area contributed by atoms with E-state index in [1.807, 2.05) is 0 Å². The van der Waals surface area contributed by atoms with Crippen molar-refractivity contribution in [2.24, 2.45) is 0 Å². The van der Waals surface area contributed by atoms with E-state index in [0.717, 1.165) is 0 Å². The molecule has 0 bridgehead atoms. The van der Waals surface area contributed by atoms with Crippen LogP contribution in [0.15, 0.2) is 24.4 Å². The van der Waals surface area contributed by atoms with Gasteiger partial charge in [0.2, 0.25) is 5.88 Å². The Morgan fingerprint density at radius 3 is 2.69 bits per heavy atom. The van der Waals surface area contributed by atoms with E-state index in [1.165, 1.54) is 0 Å². The van der Waals surface area contributed by atoms with Crippen molar-refractivity contribution in [3.63, 3.8) is 0 Å². The molecule has 8 heteroatoms. The third-order valence-electron chi connectivity index (χ3n) is 1.72. The number of furan rings is 1. The molecular weight excluding hydrogens is 459 g/mol. The lowest BCUT2D eigenvalue weighted by atomic mass is 10.4. The summed E-state index contributed by atoms with van der Waals surface area (Å²) in [4.78, 5) is 17.7. The monoisotopic (exact) mass is 460 g/mol. The quantitative estimate of drug-likeness (QED) is 0.640. The fourth-order valence-electron chi connectivity index (χ4n) is 1.03. The molecule has 0 amide bonds. The maximum absolute atomic E-state index is 11.4. The van der Waals surface area contributed by atoms with Gasteiger partial charge < -0.3 is 14.5 Å². The third kappa shape index (κ3) is 2.18. The molecule has 0 fully saturated rings. The van der Waals surface area contributed by atoms with Gasteiger partial charge in [0.15, 0.2) is 16.3 Å². The van der Waals surface area contributed by atoms with Crippen molar-refractivity contribution in [2.45, 2.75) is 0 Å². The van der Waals surface area contributed by atoms with Gasteiger partial charge >= 0.3 is 0 Å². The Morgan fingerprint density at radius 1 is 1.50 bits per heavy atom. The Morgan fingerprint density at radius 2 is 2.19 bits per heavy atom. The number of H-pyrrole nitrogens is 1. The zero-order valence-corrected chi connectivity index (χ0v) is 12.8. The third-order valence-corrected chi connectivity index (χ3v) is 4.41. The molecule has 0 aliphatic rings. The van der Waals surface area contributed by atoms with Crippen molar-refractivity contribution in [2.75, 3.05) is 0 Å². The van der Waals surface area contributed by atoms with Crippen molar-refractivity contribution in [1.82, 2.24) is 9.97 Å². The van der Waals surface area contributed by atoms with Crippen LogP contribution in [0.25, 0.3) is 11.6 Å². The number of rotatable bonds is 1. The highest BCUT2D eigenvalue weighted by Gasteiger charge is 2.14. The molecule has 0 aliphatic carbocycles. The Hall–Kier alpha value is -0.350. The first-order valence-corrected chi connectivity index (χ1v) is 6.59. The number of nitrogens with zero attached hydrogens (tertiary/aromatic N) is 1. The highest BCUT2D eigenvalue weighted by Crippen LogP contribution is 2.31. The topological polar surface area (TPSA) is 79.1 Å². The minimum Gasteiger partial charge on any atom is -0.492 e. The second-order valence-corrected chi connectivity index (χ2v) is 5.44. The van der Waals surface area contributed by atoms with Gasteiger partial charge in [-0.05, 0) is 54.5 Å². The summed E-state index contributed by atoms with van der Waals surface area (Å²) in [6.45, 7) is 0. The lowest BCUT2D eigenvalue weighted by Crippen LogP contribution is -2.12. The van der Waals surface area contributed by atoms with Gasteiger partial charge in [0.1, 0.15) is 3.57 Å².